The summed E-state index contributed by atoms with van der Waals surface area (Å²) in [6, 6.07) is 12.9. The summed E-state index contributed by atoms with van der Waals surface area (Å²) in [6.07, 6.45) is 3.45. The van der Waals surface area contributed by atoms with E-state index in [9.17, 15) is 9.18 Å². The predicted molar refractivity (Wildman–Crippen MR) is 95.0 cm³/mol. The summed E-state index contributed by atoms with van der Waals surface area (Å²) in [5.41, 5.74) is 1.82. The van der Waals surface area contributed by atoms with E-state index in [0.717, 1.165) is 16.5 Å². The lowest BCUT2D eigenvalue weighted by atomic mass is 10.1. The summed E-state index contributed by atoms with van der Waals surface area (Å²) < 4.78 is 15.1. The molecule has 1 atom stereocenters. The number of amides is 1. The van der Waals surface area contributed by atoms with Crippen molar-refractivity contribution in [3.8, 4) is 0 Å². The molecule has 0 spiro atoms. The number of H-pyrrole nitrogens is 1. The maximum atomic E-state index is 13.3. The summed E-state index contributed by atoms with van der Waals surface area (Å²) >= 11 is 0. The molecule has 0 bridgehead atoms. The van der Waals surface area contributed by atoms with Crippen LogP contribution in [0.3, 0.4) is 0 Å². The van der Waals surface area contributed by atoms with Crippen LogP contribution in [-0.4, -0.2) is 25.7 Å². The lowest BCUT2D eigenvalue weighted by Crippen LogP contribution is -2.31. The minimum absolute atomic E-state index is 0.307. The van der Waals surface area contributed by atoms with Crippen molar-refractivity contribution in [1.82, 2.24) is 25.1 Å². The number of fused-ring (bicyclic) bond motifs is 1. The summed E-state index contributed by atoms with van der Waals surface area (Å²) in [5, 5.41) is 10.7. The Morgan fingerprint density at radius 3 is 2.69 bits per heavy atom. The molecule has 2 heterocycles. The van der Waals surface area contributed by atoms with Crippen molar-refractivity contribution in [3.63, 3.8) is 0 Å². The van der Waals surface area contributed by atoms with E-state index in [0.29, 0.717) is 11.5 Å². The Morgan fingerprint density at radius 2 is 1.96 bits per heavy atom. The van der Waals surface area contributed by atoms with E-state index in [1.165, 1.54) is 12.1 Å². The molecule has 2 aromatic heterocycles. The first-order valence-corrected chi connectivity index (χ1v) is 8.10. The van der Waals surface area contributed by atoms with Gasteiger partial charge in [0.1, 0.15) is 17.7 Å². The zero-order chi connectivity index (χ0) is 18.1. The number of carbonyl (C=O) groups excluding carboxylic acids is 1. The van der Waals surface area contributed by atoms with Gasteiger partial charge in [0.25, 0.3) is 5.91 Å². The Bertz CT molecular complexity index is 1070. The first-order chi connectivity index (χ1) is 12.6. The number of rotatable bonds is 4. The van der Waals surface area contributed by atoms with Gasteiger partial charge in [-0.1, -0.05) is 30.3 Å². The molecule has 26 heavy (non-hydrogen) atoms. The second kappa shape index (κ2) is 6.44. The average Bonchev–Trinajstić information content (AvgIpc) is 3.26. The third kappa shape index (κ3) is 2.83. The molecule has 0 aliphatic carbocycles. The van der Waals surface area contributed by atoms with E-state index in [1.807, 2.05) is 35.9 Å². The van der Waals surface area contributed by atoms with Gasteiger partial charge in [-0.2, -0.15) is 5.10 Å². The van der Waals surface area contributed by atoms with E-state index in [2.05, 4.69) is 20.5 Å². The molecule has 0 aliphatic heterocycles. The van der Waals surface area contributed by atoms with Crippen LogP contribution in [0, 0.1) is 5.82 Å². The van der Waals surface area contributed by atoms with Crippen molar-refractivity contribution >= 4 is 16.8 Å². The molecule has 6 nitrogen and oxygen atoms in total. The van der Waals surface area contributed by atoms with Gasteiger partial charge in [-0.25, -0.2) is 9.37 Å². The van der Waals surface area contributed by atoms with E-state index >= 15 is 0 Å². The smallest absolute Gasteiger partial charge is 0.273 e. The zero-order valence-corrected chi connectivity index (χ0v) is 14.0. The molecule has 0 saturated heterocycles. The van der Waals surface area contributed by atoms with E-state index in [1.54, 1.807) is 24.5 Å². The van der Waals surface area contributed by atoms with Crippen molar-refractivity contribution in [1.29, 1.82) is 0 Å². The molecule has 4 rings (SSSR count). The molecule has 0 saturated carbocycles. The van der Waals surface area contributed by atoms with Crippen molar-refractivity contribution in [2.45, 2.75) is 6.04 Å². The topological polar surface area (TPSA) is 75.6 Å². The van der Waals surface area contributed by atoms with Crippen LogP contribution < -0.4 is 5.32 Å². The molecule has 0 aliphatic rings. The van der Waals surface area contributed by atoms with Gasteiger partial charge in [-0.3, -0.25) is 9.89 Å². The molecule has 130 valence electrons. The normalized spacial score (nSPS) is 12.2. The highest BCUT2D eigenvalue weighted by Gasteiger charge is 2.23. The largest absolute Gasteiger partial charge is 0.337 e. The Labute approximate surface area is 148 Å². The monoisotopic (exact) mass is 349 g/mol. The van der Waals surface area contributed by atoms with Gasteiger partial charge < -0.3 is 9.88 Å². The van der Waals surface area contributed by atoms with Crippen LogP contribution in [0.5, 0.6) is 0 Å². The van der Waals surface area contributed by atoms with Crippen molar-refractivity contribution in [2.24, 2.45) is 7.05 Å². The van der Waals surface area contributed by atoms with Crippen LogP contribution in [0.15, 0.2) is 60.9 Å². The first-order valence-electron chi connectivity index (χ1n) is 8.10. The van der Waals surface area contributed by atoms with E-state index in [-0.39, 0.29) is 11.7 Å². The highest BCUT2D eigenvalue weighted by molar-refractivity contribution is 6.04. The summed E-state index contributed by atoms with van der Waals surface area (Å²) in [5.74, 6) is -0.0264. The van der Waals surface area contributed by atoms with Gasteiger partial charge in [-0.15, -0.1) is 0 Å². The van der Waals surface area contributed by atoms with Gasteiger partial charge in [0.15, 0.2) is 5.69 Å². The van der Waals surface area contributed by atoms with E-state index in [4.69, 9.17) is 0 Å². The highest BCUT2D eigenvalue weighted by Crippen LogP contribution is 2.22. The minimum Gasteiger partial charge on any atom is -0.337 e. The Balaban J connectivity index is 1.72. The second-order valence-electron chi connectivity index (χ2n) is 5.97. The van der Waals surface area contributed by atoms with Gasteiger partial charge in [0, 0.05) is 24.8 Å². The molecular weight excluding hydrogens is 333 g/mol. The Morgan fingerprint density at radius 1 is 1.19 bits per heavy atom. The van der Waals surface area contributed by atoms with Crippen LogP contribution in [0.25, 0.3) is 10.9 Å². The lowest BCUT2D eigenvalue weighted by Gasteiger charge is -2.18. The Hall–Kier alpha value is -3.48. The number of aromatic nitrogens is 4. The quantitative estimate of drug-likeness (QED) is 0.595. The number of aryl methyl sites for hydroxylation is 1. The number of nitrogens with one attached hydrogen (secondary N) is 2. The number of benzene rings is 2. The number of para-hydroxylation sites is 1. The standard InChI is InChI=1S/C19H16FN5O/c1-25-11-10-21-18(25)16(12-6-8-13(20)9-7-12)22-19(26)17-14-4-2-3-5-15(14)23-24-17/h2-11,16H,1H3,(H,22,26)(H,23,24)/t16-/m0/s1. The number of imidazole rings is 1. The number of halogens is 1. The number of carbonyl (C=O) groups is 1. The number of nitrogens with zero attached hydrogens (tertiary/aromatic N) is 3. The third-order valence-electron chi connectivity index (χ3n) is 4.28. The SMILES string of the molecule is Cn1ccnc1[C@@H](NC(=O)c1n[nH]c2ccccc12)c1ccc(F)cc1. The molecule has 0 fully saturated rings. The molecule has 0 unspecified atom stereocenters. The van der Waals surface area contributed by atoms with Gasteiger partial charge in [0.05, 0.1) is 5.52 Å². The maximum absolute atomic E-state index is 13.3. The number of aromatic amines is 1. The molecule has 7 heteroatoms. The van der Waals surface area contributed by atoms with Crippen LogP contribution in [-0.2, 0) is 7.05 Å². The van der Waals surface area contributed by atoms with Crippen LogP contribution in [0.1, 0.15) is 27.9 Å². The molecule has 2 N–H and O–H groups in total. The van der Waals surface area contributed by atoms with Gasteiger partial charge >= 0.3 is 0 Å². The van der Waals surface area contributed by atoms with Gasteiger partial charge in [-0.05, 0) is 23.8 Å². The summed E-state index contributed by atoms with van der Waals surface area (Å²) in [7, 11) is 1.84. The highest BCUT2D eigenvalue weighted by atomic mass is 19.1. The fourth-order valence-corrected chi connectivity index (χ4v) is 2.94. The second-order valence-corrected chi connectivity index (χ2v) is 5.97. The van der Waals surface area contributed by atoms with E-state index < -0.39 is 6.04 Å². The van der Waals surface area contributed by atoms with Gasteiger partial charge in [0.2, 0.25) is 0 Å². The molecule has 2 aromatic carbocycles. The minimum atomic E-state index is -0.529. The zero-order valence-electron chi connectivity index (χ0n) is 14.0. The van der Waals surface area contributed by atoms with Crippen LogP contribution >= 0.6 is 0 Å². The summed E-state index contributed by atoms with van der Waals surface area (Å²) in [6.45, 7) is 0. The van der Waals surface area contributed by atoms with Crippen LogP contribution in [0.4, 0.5) is 4.39 Å². The number of hydrogen-bond acceptors (Lipinski definition) is 3. The predicted octanol–water partition coefficient (Wildman–Crippen LogP) is 2.95. The Kier molecular flexibility index (Phi) is 3.96. The third-order valence-corrected chi connectivity index (χ3v) is 4.28. The molecule has 0 radical (unpaired) electrons. The van der Waals surface area contributed by atoms with Crippen molar-refractivity contribution < 1.29 is 9.18 Å². The maximum Gasteiger partial charge on any atom is 0.273 e. The summed E-state index contributed by atoms with van der Waals surface area (Å²) in [4.78, 5) is 17.2. The number of hydrogen-bond donors (Lipinski definition) is 2. The van der Waals surface area contributed by atoms with Crippen molar-refractivity contribution in [3.05, 3.63) is 83.8 Å². The molecule has 4 aromatic rings. The van der Waals surface area contributed by atoms with Crippen LogP contribution in [0.2, 0.25) is 0 Å². The van der Waals surface area contributed by atoms with Crippen molar-refractivity contribution in [2.75, 3.05) is 0 Å². The average molecular weight is 349 g/mol. The molecular formula is C19H16FN5O. The fraction of sp³-hybridized carbons (Fsp3) is 0.105. The first kappa shape index (κ1) is 16.0. The molecule has 1 amide bonds. The fourth-order valence-electron chi connectivity index (χ4n) is 2.94. The lowest BCUT2D eigenvalue weighted by molar-refractivity contribution is 0.0937.